The van der Waals surface area contributed by atoms with Crippen molar-refractivity contribution in [2.24, 2.45) is 0 Å². The standard InChI is InChI=1S/C28H24FN3O4/c1-16-25(17(2)32(31-16)19-13-11-18(29)12-14-19)26(27(33)34)30-28(35)36-15-24-22-9-5-3-7-20(22)21-8-4-6-10-23(21)24/h3-14,24,26H,15H2,1-2H3,(H,30,35)(H,33,34). The third-order valence-electron chi connectivity index (χ3n) is 6.56. The lowest BCUT2D eigenvalue weighted by Gasteiger charge is -2.18. The zero-order valence-electron chi connectivity index (χ0n) is 19.7. The van der Waals surface area contributed by atoms with E-state index >= 15 is 0 Å². The highest BCUT2D eigenvalue weighted by Gasteiger charge is 2.32. The van der Waals surface area contributed by atoms with Gasteiger partial charge in [-0.15, -0.1) is 0 Å². The maximum absolute atomic E-state index is 13.3. The average molecular weight is 486 g/mol. The van der Waals surface area contributed by atoms with Gasteiger partial charge in [0.05, 0.1) is 11.4 Å². The van der Waals surface area contributed by atoms with Crippen LogP contribution in [0.4, 0.5) is 9.18 Å². The molecule has 1 aliphatic carbocycles. The van der Waals surface area contributed by atoms with Crippen LogP contribution in [0.5, 0.6) is 0 Å². The molecular weight excluding hydrogens is 461 g/mol. The van der Waals surface area contributed by atoms with Crippen molar-refractivity contribution >= 4 is 12.1 Å². The van der Waals surface area contributed by atoms with Gasteiger partial charge in [0.25, 0.3) is 0 Å². The summed E-state index contributed by atoms with van der Waals surface area (Å²) in [4.78, 5) is 24.9. The smallest absolute Gasteiger partial charge is 0.408 e. The minimum atomic E-state index is -1.37. The number of carbonyl (C=O) groups excluding carboxylic acids is 1. The van der Waals surface area contributed by atoms with Crippen molar-refractivity contribution < 1.29 is 23.8 Å². The van der Waals surface area contributed by atoms with Gasteiger partial charge in [0, 0.05) is 17.2 Å². The Bertz CT molecular complexity index is 1420. The van der Waals surface area contributed by atoms with Gasteiger partial charge in [-0.25, -0.2) is 18.7 Å². The predicted octanol–water partition coefficient (Wildman–Crippen LogP) is 5.29. The summed E-state index contributed by atoms with van der Waals surface area (Å²) in [6.07, 6.45) is -0.836. The Labute approximate surface area is 207 Å². The molecule has 1 amide bonds. The molecule has 3 aromatic carbocycles. The van der Waals surface area contributed by atoms with Gasteiger partial charge in [-0.2, -0.15) is 5.10 Å². The highest BCUT2D eigenvalue weighted by Crippen LogP contribution is 2.44. The molecule has 1 aromatic heterocycles. The van der Waals surface area contributed by atoms with Gasteiger partial charge >= 0.3 is 12.1 Å². The summed E-state index contributed by atoms with van der Waals surface area (Å²) < 4.78 is 20.4. The minimum absolute atomic E-state index is 0.0685. The van der Waals surface area contributed by atoms with Gasteiger partial charge in [0.15, 0.2) is 6.04 Å². The molecular formula is C28H24FN3O4. The molecule has 1 aliphatic rings. The first-order valence-corrected chi connectivity index (χ1v) is 11.5. The number of carboxylic acid groups (broad SMARTS) is 1. The molecule has 1 heterocycles. The summed E-state index contributed by atoms with van der Waals surface area (Å²) in [6, 6.07) is 20.3. The van der Waals surface area contributed by atoms with Gasteiger partial charge in [-0.1, -0.05) is 48.5 Å². The van der Waals surface area contributed by atoms with Gasteiger partial charge in [0.2, 0.25) is 0 Å². The topological polar surface area (TPSA) is 93.5 Å². The second kappa shape index (κ2) is 9.30. The zero-order valence-corrected chi connectivity index (χ0v) is 19.7. The summed E-state index contributed by atoms with van der Waals surface area (Å²) in [7, 11) is 0. The average Bonchev–Trinajstić information content (AvgIpc) is 3.35. The number of ether oxygens (including phenoxy) is 1. The van der Waals surface area contributed by atoms with E-state index in [1.807, 2.05) is 48.5 Å². The van der Waals surface area contributed by atoms with E-state index in [9.17, 15) is 19.1 Å². The number of alkyl carbamates (subject to hydrolysis) is 1. The number of amides is 1. The number of aromatic nitrogens is 2. The molecule has 0 aliphatic heterocycles. The van der Waals surface area contributed by atoms with Crippen molar-refractivity contribution in [3.8, 4) is 16.8 Å². The van der Waals surface area contributed by atoms with Crippen LogP contribution in [0.1, 0.15) is 40.0 Å². The summed E-state index contributed by atoms with van der Waals surface area (Å²) in [6.45, 7) is 3.44. The third kappa shape index (κ3) is 4.11. The van der Waals surface area contributed by atoms with Gasteiger partial charge in [-0.05, 0) is 60.4 Å². The van der Waals surface area contributed by atoms with E-state index in [4.69, 9.17) is 4.74 Å². The van der Waals surface area contributed by atoms with Crippen molar-refractivity contribution in [3.63, 3.8) is 0 Å². The Hall–Kier alpha value is -4.46. The van der Waals surface area contributed by atoms with Crippen molar-refractivity contribution in [2.75, 3.05) is 6.61 Å². The quantitative estimate of drug-likeness (QED) is 0.387. The van der Waals surface area contributed by atoms with Crippen LogP contribution in [0.2, 0.25) is 0 Å². The fourth-order valence-electron chi connectivity index (χ4n) is 4.92. The van der Waals surface area contributed by atoms with Crippen LogP contribution in [-0.2, 0) is 9.53 Å². The first-order chi connectivity index (χ1) is 17.3. The highest BCUT2D eigenvalue weighted by atomic mass is 19.1. The van der Waals surface area contributed by atoms with E-state index in [0.717, 1.165) is 22.3 Å². The number of fused-ring (bicyclic) bond motifs is 3. The molecule has 0 saturated heterocycles. The number of hydrogen-bond donors (Lipinski definition) is 2. The normalized spacial score (nSPS) is 13.1. The van der Waals surface area contributed by atoms with E-state index in [1.54, 1.807) is 26.0 Å². The fraction of sp³-hybridized carbons (Fsp3) is 0.179. The molecule has 182 valence electrons. The van der Waals surface area contributed by atoms with Gasteiger partial charge in [0.1, 0.15) is 12.4 Å². The van der Waals surface area contributed by atoms with Gasteiger partial charge in [-0.3, -0.25) is 0 Å². The SMILES string of the molecule is Cc1nn(-c2ccc(F)cc2)c(C)c1C(NC(=O)OCC1c2ccccc2-c2ccccc21)C(=O)O. The Morgan fingerprint density at radius 3 is 2.17 bits per heavy atom. The third-order valence-corrected chi connectivity index (χ3v) is 6.56. The first-order valence-electron chi connectivity index (χ1n) is 11.5. The van der Waals surface area contributed by atoms with E-state index in [1.165, 1.54) is 16.8 Å². The lowest BCUT2D eigenvalue weighted by Crippen LogP contribution is -2.35. The van der Waals surface area contributed by atoms with Crippen molar-refractivity contribution in [2.45, 2.75) is 25.8 Å². The molecule has 1 atom stereocenters. The lowest BCUT2D eigenvalue weighted by atomic mass is 9.98. The van der Waals surface area contributed by atoms with E-state index in [2.05, 4.69) is 10.4 Å². The maximum Gasteiger partial charge on any atom is 0.408 e. The molecule has 0 spiro atoms. The number of halogens is 1. The molecule has 5 rings (SSSR count). The maximum atomic E-state index is 13.3. The number of aliphatic carboxylic acids is 1. The molecule has 0 saturated carbocycles. The summed E-state index contributed by atoms with van der Waals surface area (Å²) >= 11 is 0. The second-order valence-corrected chi connectivity index (χ2v) is 8.71. The molecule has 7 nitrogen and oxygen atoms in total. The zero-order chi connectivity index (χ0) is 25.4. The number of hydrogen-bond acceptors (Lipinski definition) is 4. The molecule has 0 radical (unpaired) electrons. The Kier molecular flexibility index (Phi) is 6.01. The van der Waals surface area contributed by atoms with Crippen molar-refractivity contribution in [1.82, 2.24) is 15.1 Å². The molecule has 8 heteroatoms. The second-order valence-electron chi connectivity index (χ2n) is 8.71. The molecule has 0 fully saturated rings. The van der Waals surface area contributed by atoms with Crippen LogP contribution in [0.15, 0.2) is 72.8 Å². The number of carbonyl (C=O) groups is 2. The Morgan fingerprint density at radius 1 is 1.00 bits per heavy atom. The van der Waals surface area contributed by atoms with Crippen LogP contribution in [0, 0.1) is 19.7 Å². The highest BCUT2D eigenvalue weighted by molar-refractivity contribution is 5.82. The molecule has 4 aromatic rings. The Balaban J connectivity index is 1.35. The van der Waals surface area contributed by atoms with E-state index < -0.39 is 18.1 Å². The van der Waals surface area contributed by atoms with Crippen molar-refractivity contribution in [1.29, 1.82) is 0 Å². The number of benzene rings is 3. The van der Waals surface area contributed by atoms with Crippen LogP contribution >= 0.6 is 0 Å². The number of nitrogens with one attached hydrogen (secondary N) is 1. The minimum Gasteiger partial charge on any atom is -0.479 e. The van der Waals surface area contributed by atoms with Crippen LogP contribution < -0.4 is 5.32 Å². The Morgan fingerprint density at radius 2 is 1.58 bits per heavy atom. The molecule has 1 unspecified atom stereocenters. The van der Waals surface area contributed by atoms with Crippen LogP contribution in [0.25, 0.3) is 16.8 Å². The largest absolute Gasteiger partial charge is 0.479 e. The monoisotopic (exact) mass is 485 g/mol. The predicted molar refractivity (Wildman–Crippen MR) is 132 cm³/mol. The van der Waals surface area contributed by atoms with Crippen LogP contribution in [-0.4, -0.2) is 33.6 Å². The number of nitrogens with zero attached hydrogens (tertiary/aromatic N) is 2. The van der Waals surface area contributed by atoms with Crippen molar-refractivity contribution in [3.05, 3.63) is 107 Å². The number of carboxylic acids is 1. The summed E-state index contributed by atoms with van der Waals surface area (Å²) in [5.74, 6) is -1.77. The molecule has 36 heavy (non-hydrogen) atoms. The summed E-state index contributed by atoms with van der Waals surface area (Å²) in [5, 5.41) is 16.8. The number of rotatable bonds is 6. The van der Waals surface area contributed by atoms with Gasteiger partial charge < -0.3 is 15.2 Å². The molecule has 2 N–H and O–H groups in total. The molecule has 0 bridgehead atoms. The summed E-state index contributed by atoms with van der Waals surface area (Å²) in [5.41, 5.74) is 6.21. The van der Waals surface area contributed by atoms with Crippen LogP contribution in [0.3, 0.4) is 0 Å². The lowest BCUT2D eigenvalue weighted by molar-refractivity contribution is -0.139. The van der Waals surface area contributed by atoms with E-state index in [0.29, 0.717) is 22.6 Å². The number of aryl methyl sites for hydroxylation is 1. The fourth-order valence-corrected chi connectivity index (χ4v) is 4.92. The van der Waals surface area contributed by atoms with E-state index in [-0.39, 0.29) is 18.3 Å². The first kappa shape index (κ1) is 23.3.